The van der Waals surface area contributed by atoms with Gasteiger partial charge in [0.05, 0.1) is 22.4 Å². The van der Waals surface area contributed by atoms with E-state index in [4.69, 9.17) is 0 Å². The minimum absolute atomic E-state index is 0.138. The Morgan fingerprint density at radius 2 is 1.89 bits per heavy atom. The first-order valence-electron chi connectivity index (χ1n) is 9.50. The molecule has 1 aliphatic heterocycles. The van der Waals surface area contributed by atoms with E-state index in [1.54, 1.807) is 6.07 Å². The van der Waals surface area contributed by atoms with E-state index in [0.29, 0.717) is 5.69 Å². The molecule has 2 unspecified atom stereocenters. The van der Waals surface area contributed by atoms with Crippen molar-refractivity contribution in [1.82, 2.24) is 15.1 Å². The molecule has 0 radical (unpaired) electrons. The predicted octanol–water partition coefficient (Wildman–Crippen LogP) is 3.81. The summed E-state index contributed by atoms with van der Waals surface area (Å²) in [4.78, 5) is 15.3. The van der Waals surface area contributed by atoms with Crippen LogP contribution < -0.4 is 0 Å². The van der Waals surface area contributed by atoms with Crippen LogP contribution in [0.2, 0.25) is 0 Å². The van der Waals surface area contributed by atoms with E-state index in [-0.39, 0.29) is 28.5 Å². The molecule has 2 aromatic rings. The number of nitrogens with zero attached hydrogens (tertiary/aromatic N) is 3. The van der Waals surface area contributed by atoms with Crippen LogP contribution in [0.5, 0.6) is 0 Å². The zero-order chi connectivity index (χ0) is 19.0. The number of fused-ring (bicyclic) bond motifs is 5. The van der Waals surface area contributed by atoms with Crippen LogP contribution in [0.4, 0.5) is 8.78 Å². The molecule has 140 valence electrons. The molecule has 1 saturated heterocycles. The number of hydrogen-bond donors (Lipinski definition) is 0. The standard InChI is InChI=1S/C21H21F2N3O/c1-20(2)13-7-8-21(20,19(27)26-9-4-10-26)18-12(13)11-16(24-25-18)17-14(22)5-3-6-15(17)23/h3,5-6,11,13H,4,7-10H2,1-2H3. The van der Waals surface area contributed by atoms with Gasteiger partial charge in [-0.3, -0.25) is 4.79 Å². The Labute approximate surface area is 156 Å². The van der Waals surface area contributed by atoms with E-state index >= 15 is 0 Å². The highest BCUT2D eigenvalue weighted by Crippen LogP contribution is 2.68. The minimum Gasteiger partial charge on any atom is -0.342 e. The molecule has 1 aromatic carbocycles. The molecule has 2 atom stereocenters. The molecule has 1 saturated carbocycles. The van der Waals surface area contributed by atoms with Gasteiger partial charge in [0.2, 0.25) is 5.91 Å². The van der Waals surface area contributed by atoms with Crippen LogP contribution in [0.1, 0.15) is 50.3 Å². The SMILES string of the molecule is CC1(C)C2CCC1(C(=O)N1CCC1)c1nnc(-c3c(F)cccc3F)cc12. The van der Waals surface area contributed by atoms with Gasteiger partial charge in [-0.25, -0.2) is 8.78 Å². The summed E-state index contributed by atoms with van der Waals surface area (Å²) in [7, 11) is 0. The van der Waals surface area contributed by atoms with Crippen molar-refractivity contribution in [3.05, 3.63) is 47.2 Å². The summed E-state index contributed by atoms with van der Waals surface area (Å²) in [6.07, 6.45) is 2.68. The van der Waals surface area contributed by atoms with E-state index in [9.17, 15) is 13.6 Å². The van der Waals surface area contributed by atoms with Crippen LogP contribution in [-0.2, 0) is 10.2 Å². The summed E-state index contributed by atoms with van der Waals surface area (Å²) in [5, 5.41) is 8.56. The third kappa shape index (κ3) is 1.93. The van der Waals surface area contributed by atoms with Crippen molar-refractivity contribution in [3.63, 3.8) is 0 Å². The molecule has 1 aromatic heterocycles. The molecule has 6 heteroatoms. The van der Waals surface area contributed by atoms with Gasteiger partial charge >= 0.3 is 0 Å². The molecular formula is C21H21F2N3O. The first-order chi connectivity index (χ1) is 12.9. The summed E-state index contributed by atoms with van der Waals surface area (Å²) < 4.78 is 28.4. The van der Waals surface area contributed by atoms with Crippen LogP contribution in [0.3, 0.4) is 0 Å². The molecule has 0 spiro atoms. The number of likely N-dealkylation sites (tertiary alicyclic amines) is 1. The quantitative estimate of drug-likeness (QED) is 0.809. The average Bonchev–Trinajstić information content (AvgIpc) is 2.95. The molecule has 2 heterocycles. The van der Waals surface area contributed by atoms with E-state index in [1.165, 1.54) is 18.2 Å². The van der Waals surface area contributed by atoms with Gasteiger partial charge in [-0.05, 0) is 54.4 Å². The lowest BCUT2D eigenvalue weighted by molar-refractivity contribution is -0.144. The summed E-state index contributed by atoms with van der Waals surface area (Å²) in [6.45, 7) is 5.83. The van der Waals surface area contributed by atoms with Crippen molar-refractivity contribution in [3.8, 4) is 11.3 Å². The normalized spacial score (nSPS) is 27.4. The summed E-state index contributed by atoms with van der Waals surface area (Å²) in [5.41, 5.74) is 0.709. The second-order valence-electron chi connectivity index (χ2n) is 8.49. The van der Waals surface area contributed by atoms with Crippen LogP contribution in [-0.4, -0.2) is 34.1 Å². The highest BCUT2D eigenvalue weighted by atomic mass is 19.1. The molecule has 2 fully saturated rings. The van der Waals surface area contributed by atoms with Crippen LogP contribution >= 0.6 is 0 Å². The first-order valence-corrected chi connectivity index (χ1v) is 9.50. The number of amides is 1. The van der Waals surface area contributed by atoms with Gasteiger partial charge in [-0.1, -0.05) is 19.9 Å². The Kier molecular flexibility index (Phi) is 3.31. The molecular weight excluding hydrogens is 348 g/mol. The van der Waals surface area contributed by atoms with E-state index in [1.807, 2.05) is 4.90 Å². The molecule has 27 heavy (non-hydrogen) atoms. The maximum atomic E-state index is 14.2. The van der Waals surface area contributed by atoms with Gasteiger partial charge in [0.15, 0.2) is 0 Å². The third-order valence-corrected chi connectivity index (χ3v) is 7.11. The Balaban J connectivity index is 1.67. The number of aromatic nitrogens is 2. The largest absolute Gasteiger partial charge is 0.342 e. The topological polar surface area (TPSA) is 46.1 Å². The predicted molar refractivity (Wildman–Crippen MR) is 96.0 cm³/mol. The number of benzene rings is 1. The molecule has 0 N–H and O–H groups in total. The third-order valence-electron chi connectivity index (χ3n) is 7.11. The number of carbonyl (C=O) groups is 1. The summed E-state index contributed by atoms with van der Waals surface area (Å²) in [5.74, 6) is -1.03. The number of rotatable bonds is 2. The number of carbonyl (C=O) groups excluding carboxylic acids is 1. The van der Waals surface area contributed by atoms with Crippen molar-refractivity contribution in [2.75, 3.05) is 13.1 Å². The fourth-order valence-electron chi connectivity index (χ4n) is 5.45. The van der Waals surface area contributed by atoms with Gasteiger partial charge in [-0.2, -0.15) is 5.10 Å². The summed E-state index contributed by atoms with van der Waals surface area (Å²) in [6, 6.07) is 5.53. The minimum atomic E-state index is -0.674. The number of hydrogen-bond acceptors (Lipinski definition) is 3. The lowest BCUT2D eigenvalue weighted by atomic mass is 9.67. The molecule has 5 rings (SSSR count). The fourth-order valence-corrected chi connectivity index (χ4v) is 5.45. The average molecular weight is 369 g/mol. The van der Waals surface area contributed by atoms with Crippen molar-refractivity contribution in [2.45, 2.75) is 44.4 Å². The highest BCUT2D eigenvalue weighted by Gasteiger charge is 2.68. The molecule has 3 aliphatic rings. The lowest BCUT2D eigenvalue weighted by Crippen LogP contribution is -2.55. The van der Waals surface area contributed by atoms with Crippen LogP contribution in [0.15, 0.2) is 24.3 Å². The zero-order valence-electron chi connectivity index (χ0n) is 15.4. The monoisotopic (exact) mass is 369 g/mol. The van der Waals surface area contributed by atoms with Gasteiger partial charge in [0, 0.05) is 13.1 Å². The van der Waals surface area contributed by atoms with E-state index in [2.05, 4.69) is 24.0 Å². The van der Waals surface area contributed by atoms with Crippen molar-refractivity contribution >= 4 is 5.91 Å². The number of halogens is 2. The van der Waals surface area contributed by atoms with Crippen molar-refractivity contribution in [2.24, 2.45) is 5.41 Å². The Morgan fingerprint density at radius 1 is 1.19 bits per heavy atom. The molecule has 2 aliphatic carbocycles. The van der Waals surface area contributed by atoms with Crippen LogP contribution in [0.25, 0.3) is 11.3 Å². The fraction of sp³-hybridized carbons (Fsp3) is 0.476. The Morgan fingerprint density at radius 3 is 2.52 bits per heavy atom. The van der Waals surface area contributed by atoms with Gasteiger partial charge in [0.25, 0.3) is 0 Å². The maximum Gasteiger partial charge on any atom is 0.235 e. The van der Waals surface area contributed by atoms with E-state index in [0.717, 1.165) is 37.9 Å². The van der Waals surface area contributed by atoms with Crippen molar-refractivity contribution in [1.29, 1.82) is 0 Å². The van der Waals surface area contributed by atoms with Gasteiger partial charge < -0.3 is 4.90 Å². The van der Waals surface area contributed by atoms with Crippen molar-refractivity contribution < 1.29 is 13.6 Å². The van der Waals surface area contributed by atoms with Gasteiger partial charge in [-0.15, -0.1) is 5.10 Å². The highest BCUT2D eigenvalue weighted by molar-refractivity contribution is 5.92. The maximum absolute atomic E-state index is 14.2. The molecule has 4 nitrogen and oxygen atoms in total. The van der Waals surface area contributed by atoms with E-state index < -0.39 is 17.0 Å². The zero-order valence-corrected chi connectivity index (χ0v) is 15.4. The Bertz CT molecular complexity index is 950. The lowest BCUT2D eigenvalue weighted by Gasteiger charge is -2.43. The molecule has 1 amide bonds. The second-order valence-corrected chi connectivity index (χ2v) is 8.49. The van der Waals surface area contributed by atoms with Gasteiger partial charge in [0.1, 0.15) is 11.6 Å². The Hall–Kier alpha value is -2.37. The second kappa shape index (κ2) is 5.33. The smallest absolute Gasteiger partial charge is 0.235 e. The molecule has 2 bridgehead atoms. The summed E-state index contributed by atoms with van der Waals surface area (Å²) >= 11 is 0. The van der Waals surface area contributed by atoms with Crippen LogP contribution in [0, 0.1) is 17.0 Å². The first kappa shape index (κ1) is 16.8.